The number of benzene rings is 2. The summed E-state index contributed by atoms with van der Waals surface area (Å²) in [5.74, 6) is -0.788. The van der Waals surface area contributed by atoms with Gasteiger partial charge in [-0.3, -0.25) is 4.79 Å². The molecule has 0 radical (unpaired) electrons. The molecule has 1 fully saturated rings. The Kier molecular flexibility index (Phi) is 5.17. The number of halogens is 2. The lowest BCUT2D eigenvalue weighted by atomic mass is 10.1. The maximum Gasteiger partial charge on any atom is 0.257 e. The van der Waals surface area contributed by atoms with E-state index in [-0.39, 0.29) is 11.5 Å². The number of aryl methyl sites for hydroxylation is 1. The van der Waals surface area contributed by atoms with E-state index in [1.54, 1.807) is 4.90 Å². The van der Waals surface area contributed by atoms with Crippen molar-refractivity contribution < 1.29 is 14.1 Å². The van der Waals surface area contributed by atoms with Gasteiger partial charge in [0.05, 0.1) is 31.7 Å². The van der Waals surface area contributed by atoms with Crippen LogP contribution in [-0.2, 0) is 6.54 Å². The molecular weight excluding hydrogens is 327 g/mol. The molecule has 5 heteroatoms. The van der Waals surface area contributed by atoms with Crippen LogP contribution < -0.4 is 4.90 Å². The Bertz CT molecular complexity index is 742. The molecule has 1 saturated heterocycles. The van der Waals surface area contributed by atoms with Crippen LogP contribution in [-0.4, -0.2) is 37.0 Å². The Labute approximate surface area is 146 Å². The first-order chi connectivity index (χ1) is 11.5. The second-order valence-electron chi connectivity index (χ2n) is 6.33. The fourth-order valence-corrected chi connectivity index (χ4v) is 3.32. The molecule has 1 heterocycles. The average molecular weight is 348 g/mol. The minimum absolute atomic E-state index is 0.0598. The van der Waals surface area contributed by atoms with E-state index in [1.165, 1.54) is 34.2 Å². The predicted octanol–water partition coefficient (Wildman–Crippen LogP) is 2.33. The third-order valence-electron chi connectivity index (χ3n) is 4.45. The Morgan fingerprint density at radius 2 is 1.96 bits per heavy atom. The lowest BCUT2D eigenvalue weighted by Crippen LogP contribution is -3.13. The molecule has 126 valence electrons. The molecule has 0 aromatic heterocycles. The van der Waals surface area contributed by atoms with Gasteiger partial charge in [-0.1, -0.05) is 41.4 Å². The second kappa shape index (κ2) is 7.32. The van der Waals surface area contributed by atoms with Gasteiger partial charge in [0.1, 0.15) is 12.4 Å². The third kappa shape index (κ3) is 3.94. The molecule has 1 aliphatic rings. The van der Waals surface area contributed by atoms with Crippen molar-refractivity contribution in [3.05, 3.63) is 70.0 Å². The summed E-state index contributed by atoms with van der Waals surface area (Å²) in [6.07, 6.45) is 0. The lowest BCUT2D eigenvalue weighted by Gasteiger charge is -2.32. The summed E-state index contributed by atoms with van der Waals surface area (Å²) in [6.45, 7) is 6.03. The van der Waals surface area contributed by atoms with Crippen LogP contribution in [0.25, 0.3) is 0 Å². The Balaban J connectivity index is 1.60. The van der Waals surface area contributed by atoms with E-state index in [0.29, 0.717) is 18.1 Å². The molecule has 0 saturated carbocycles. The Morgan fingerprint density at radius 3 is 2.67 bits per heavy atom. The molecule has 1 aliphatic heterocycles. The smallest absolute Gasteiger partial charge is 0.257 e. The van der Waals surface area contributed by atoms with Crippen LogP contribution in [0.5, 0.6) is 0 Å². The minimum atomic E-state index is -0.515. The van der Waals surface area contributed by atoms with Crippen molar-refractivity contribution in [2.24, 2.45) is 0 Å². The topological polar surface area (TPSA) is 24.8 Å². The van der Waals surface area contributed by atoms with Crippen LogP contribution in [0.3, 0.4) is 0 Å². The maximum absolute atomic E-state index is 13.9. The van der Waals surface area contributed by atoms with Crippen molar-refractivity contribution in [2.75, 3.05) is 26.2 Å². The van der Waals surface area contributed by atoms with E-state index in [9.17, 15) is 9.18 Å². The Morgan fingerprint density at radius 1 is 1.21 bits per heavy atom. The normalized spacial score (nSPS) is 15.5. The number of hydrogen-bond acceptors (Lipinski definition) is 1. The second-order valence-corrected chi connectivity index (χ2v) is 6.77. The van der Waals surface area contributed by atoms with Crippen molar-refractivity contribution in [2.45, 2.75) is 13.5 Å². The predicted molar refractivity (Wildman–Crippen MR) is 92.9 cm³/mol. The number of nitrogens with one attached hydrogen (secondary N) is 1. The zero-order chi connectivity index (χ0) is 17.1. The SMILES string of the molecule is Cc1cccc(C[NH+]2CCN(C(=O)c3cc(Cl)ccc3F)CC2)c1. The van der Waals surface area contributed by atoms with Crippen LogP contribution in [0.4, 0.5) is 4.39 Å². The summed E-state index contributed by atoms with van der Waals surface area (Å²) in [4.78, 5) is 15.7. The fourth-order valence-electron chi connectivity index (χ4n) is 3.15. The number of carbonyl (C=O) groups excluding carboxylic acids is 1. The summed E-state index contributed by atoms with van der Waals surface area (Å²) in [5.41, 5.74) is 2.63. The van der Waals surface area contributed by atoms with Crippen molar-refractivity contribution in [1.29, 1.82) is 0 Å². The molecule has 24 heavy (non-hydrogen) atoms. The fraction of sp³-hybridized carbons (Fsp3) is 0.316. The van der Waals surface area contributed by atoms with Crippen LogP contribution in [0.15, 0.2) is 42.5 Å². The highest BCUT2D eigenvalue weighted by atomic mass is 35.5. The number of carbonyl (C=O) groups is 1. The standard InChI is InChI=1S/C19H20ClFN2O/c1-14-3-2-4-15(11-14)13-22-7-9-23(10-8-22)19(24)17-12-16(20)5-6-18(17)21/h2-6,11-12H,7-10,13H2,1H3/p+1. The number of piperazine rings is 1. The zero-order valence-electron chi connectivity index (χ0n) is 13.7. The van der Waals surface area contributed by atoms with Crippen molar-refractivity contribution in [3.8, 4) is 0 Å². The lowest BCUT2D eigenvalue weighted by molar-refractivity contribution is -0.917. The molecule has 1 N–H and O–H groups in total. The highest BCUT2D eigenvalue weighted by Gasteiger charge is 2.26. The number of hydrogen-bond donors (Lipinski definition) is 1. The molecular formula is C19H21ClFN2O+. The number of quaternary nitrogens is 1. The van der Waals surface area contributed by atoms with Gasteiger partial charge >= 0.3 is 0 Å². The molecule has 0 spiro atoms. The van der Waals surface area contributed by atoms with E-state index >= 15 is 0 Å². The van der Waals surface area contributed by atoms with Crippen LogP contribution in [0.1, 0.15) is 21.5 Å². The summed E-state index contributed by atoms with van der Waals surface area (Å²) < 4.78 is 13.9. The third-order valence-corrected chi connectivity index (χ3v) is 4.69. The first kappa shape index (κ1) is 16.9. The number of amides is 1. The maximum atomic E-state index is 13.9. The van der Waals surface area contributed by atoms with E-state index in [2.05, 4.69) is 31.2 Å². The van der Waals surface area contributed by atoms with Gasteiger partial charge in [0.25, 0.3) is 5.91 Å². The Hall–Kier alpha value is -1.91. The number of rotatable bonds is 3. The van der Waals surface area contributed by atoms with Crippen LogP contribution in [0, 0.1) is 12.7 Å². The van der Waals surface area contributed by atoms with Gasteiger partial charge < -0.3 is 9.80 Å². The van der Waals surface area contributed by atoms with Crippen LogP contribution >= 0.6 is 11.6 Å². The summed E-state index contributed by atoms with van der Waals surface area (Å²) in [5, 5.41) is 0.378. The van der Waals surface area contributed by atoms with Crippen LogP contribution in [0.2, 0.25) is 5.02 Å². The summed E-state index contributed by atoms with van der Waals surface area (Å²) in [7, 11) is 0. The largest absolute Gasteiger partial charge is 0.328 e. The first-order valence-electron chi connectivity index (χ1n) is 8.16. The molecule has 0 unspecified atom stereocenters. The molecule has 0 bridgehead atoms. The van der Waals surface area contributed by atoms with Crippen molar-refractivity contribution in [1.82, 2.24) is 4.90 Å². The van der Waals surface area contributed by atoms with E-state index in [1.807, 2.05) is 0 Å². The van der Waals surface area contributed by atoms with Gasteiger partial charge in [-0.05, 0) is 25.1 Å². The van der Waals surface area contributed by atoms with E-state index in [0.717, 1.165) is 19.6 Å². The van der Waals surface area contributed by atoms with Gasteiger partial charge in [-0.2, -0.15) is 0 Å². The highest BCUT2D eigenvalue weighted by molar-refractivity contribution is 6.31. The molecule has 2 aromatic rings. The van der Waals surface area contributed by atoms with Crippen molar-refractivity contribution in [3.63, 3.8) is 0 Å². The zero-order valence-corrected chi connectivity index (χ0v) is 14.4. The quantitative estimate of drug-likeness (QED) is 0.905. The van der Waals surface area contributed by atoms with E-state index < -0.39 is 5.82 Å². The first-order valence-corrected chi connectivity index (χ1v) is 8.54. The van der Waals surface area contributed by atoms with Gasteiger partial charge in [-0.15, -0.1) is 0 Å². The molecule has 3 rings (SSSR count). The van der Waals surface area contributed by atoms with Gasteiger partial charge in [0, 0.05) is 10.6 Å². The summed E-state index contributed by atoms with van der Waals surface area (Å²) in [6, 6.07) is 12.6. The van der Waals surface area contributed by atoms with Gasteiger partial charge in [0.2, 0.25) is 0 Å². The molecule has 0 atom stereocenters. The monoisotopic (exact) mass is 347 g/mol. The molecule has 3 nitrogen and oxygen atoms in total. The van der Waals surface area contributed by atoms with Gasteiger partial charge in [-0.25, -0.2) is 4.39 Å². The van der Waals surface area contributed by atoms with Gasteiger partial charge in [0.15, 0.2) is 0 Å². The number of nitrogens with zero attached hydrogens (tertiary/aromatic N) is 1. The average Bonchev–Trinajstić information content (AvgIpc) is 2.57. The molecule has 0 aliphatic carbocycles. The summed E-state index contributed by atoms with van der Waals surface area (Å²) >= 11 is 5.88. The molecule has 2 aromatic carbocycles. The minimum Gasteiger partial charge on any atom is -0.328 e. The van der Waals surface area contributed by atoms with E-state index in [4.69, 9.17) is 11.6 Å². The van der Waals surface area contributed by atoms with Crippen molar-refractivity contribution >= 4 is 17.5 Å². The highest BCUT2D eigenvalue weighted by Crippen LogP contribution is 2.17. The molecule has 1 amide bonds.